The third-order valence-electron chi connectivity index (χ3n) is 5.70. The number of anilines is 2. The predicted octanol–water partition coefficient (Wildman–Crippen LogP) is 5.24. The SMILES string of the molecule is O=C(CN1C(=O)C(=C2SC(=S)N(Cc3ccc(F)cc3)C2=O)c2ccccc21)Nc1ccccc1Cl. The average molecular weight is 538 g/mol. The molecule has 2 aliphatic heterocycles. The van der Waals surface area contributed by atoms with E-state index in [2.05, 4.69) is 5.32 Å². The van der Waals surface area contributed by atoms with E-state index in [0.717, 1.165) is 11.8 Å². The number of rotatable bonds is 5. The zero-order valence-electron chi connectivity index (χ0n) is 18.5. The first-order chi connectivity index (χ1) is 17.3. The maximum Gasteiger partial charge on any atom is 0.267 e. The van der Waals surface area contributed by atoms with Gasteiger partial charge in [0.15, 0.2) is 0 Å². The monoisotopic (exact) mass is 537 g/mol. The van der Waals surface area contributed by atoms with E-state index in [9.17, 15) is 18.8 Å². The summed E-state index contributed by atoms with van der Waals surface area (Å²) in [5.74, 6) is -1.68. The van der Waals surface area contributed by atoms with Gasteiger partial charge in [0.25, 0.3) is 11.8 Å². The van der Waals surface area contributed by atoms with E-state index < -0.39 is 17.7 Å². The molecule has 180 valence electrons. The smallest absolute Gasteiger partial charge is 0.267 e. The summed E-state index contributed by atoms with van der Waals surface area (Å²) in [6.45, 7) is -0.109. The molecule has 1 fully saturated rings. The molecule has 10 heteroatoms. The Kier molecular flexibility index (Phi) is 6.61. The van der Waals surface area contributed by atoms with Crippen molar-refractivity contribution in [1.82, 2.24) is 4.90 Å². The summed E-state index contributed by atoms with van der Waals surface area (Å²) in [4.78, 5) is 42.6. The van der Waals surface area contributed by atoms with Gasteiger partial charge >= 0.3 is 0 Å². The lowest BCUT2D eigenvalue weighted by Crippen LogP contribution is -2.35. The summed E-state index contributed by atoms with van der Waals surface area (Å²) in [7, 11) is 0. The Bertz CT molecular complexity index is 1460. The van der Waals surface area contributed by atoms with Crippen LogP contribution in [0.1, 0.15) is 11.1 Å². The second kappa shape index (κ2) is 9.85. The molecule has 0 radical (unpaired) electrons. The molecule has 2 aliphatic rings. The highest BCUT2D eigenvalue weighted by atomic mass is 35.5. The third kappa shape index (κ3) is 4.53. The maximum absolute atomic E-state index is 13.6. The summed E-state index contributed by atoms with van der Waals surface area (Å²) in [6, 6.07) is 19.6. The Balaban J connectivity index is 1.43. The van der Waals surface area contributed by atoms with Crippen LogP contribution < -0.4 is 10.2 Å². The summed E-state index contributed by atoms with van der Waals surface area (Å²) in [6.07, 6.45) is 0. The van der Waals surface area contributed by atoms with Gasteiger partial charge < -0.3 is 5.32 Å². The van der Waals surface area contributed by atoms with Gasteiger partial charge in [-0.1, -0.05) is 78.0 Å². The van der Waals surface area contributed by atoms with Crippen molar-refractivity contribution in [3.05, 3.63) is 99.7 Å². The minimum atomic E-state index is -0.465. The fourth-order valence-corrected chi connectivity index (χ4v) is 5.52. The first-order valence-electron chi connectivity index (χ1n) is 10.8. The zero-order chi connectivity index (χ0) is 25.4. The number of thioether (sulfide) groups is 1. The summed E-state index contributed by atoms with van der Waals surface area (Å²) < 4.78 is 13.6. The molecule has 3 aromatic rings. The van der Waals surface area contributed by atoms with Gasteiger partial charge in [-0.15, -0.1) is 0 Å². The van der Waals surface area contributed by atoms with Gasteiger partial charge in [-0.3, -0.25) is 24.2 Å². The number of halogens is 2. The van der Waals surface area contributed by atoms with Crippen molar-refractivity contribution in [2.75, 3.05) is 16.8 Å². The van der Waals surface area contributed by atoms with Crippen LogP contribution in [0.2, 0.25) is 5.02 Å². The van der Waals surface area contributed by atoms with E-state index in [0.29, 0.717) is 31.8 Å². The molecule has 0 saturated carbocycles. The molecule has 1 N–H and O–H groups in total. The molecule has 0 aliphatic carbocycles. The fraction of sp³-hybridized carbons (Fsp3) is 0.0769. The number of hydrogen-bond donors (Lipinski definition) is 1. The van der Waals surface area contributed by atoms with Crippen LogP contribution in [0.3, 0.4) is 0 Å². The average Bonchev–Trinajstić information content (AvgIpc) is 3.29. The Morgan fingerprint density at radius 3 is 2.39 bits per heavy atom. The van der Waals surface area contributed by atoms with Crippen LogP contribution in [0.4, 0.5) is 15.8 Å². The largest absolute Gasteiger partial charge is 0.323 e. The minimum Gasteiger partial charge on any atom is -0.323 e. The number of hydrogen-bond acceptors (Lipinski definition) is 5. The Hall–Kier alpha value is -3.53. The van der Waals surface area contributed by atoms with Crippen molar-refractivity contribution in [2.45, 2.75) is 6.54 Å². The lowest BCUT2D eigenvalue weighted by molar-refractivity contribution is -0.122. The van der Waals surface area contributed by atoms with Crippen molar-refractivity contribution >= 4 is 74.6 Å². The minimum absolute atomic E-state index is 0.154. The van der Waals surface area contributed by atoms with Crippen LogP contribution in [-0.2, 0) is 20.9 Å². The highest BCUT2D eigenvalue weighted by Crippen LogP contribution is 2.44. The molecule has 36 heavy (non-hydrogen) atoms. The van der Waals surface area contributed by atoms with Gasteiger partial charge in [-0.05, 0) is 35.9 Å². The third-order valence-corrected chi connectivity index (χ3v) is 7.48. The summed E-state index contributed by atoms with van der Waals surface area (Å²) in [5.41, 5.74) is 2.42. The van der Waals surface area contributed by atoms with Gasteiger partial charge in [0.05, 0.1) is 33.4 Å². The number of amides is 3. The molecule has 3 aromatic carbocycles. The van der Waals surface area contributed by atoms with E-state index in [4.69, 9.17) is 23.8 Å². The van der Waals surface area contributed by atoms with Crippen LogP contribution in [-0.4, -0.2) is 33.5 Å². The lowest BCUT2D eigenvalue weighted by Gasteiger charge is -2.17. The first kappa shape index (κ1) is 24.2. The van der Waals surface area contributed by atoms with Gasteiger partial charge in [0, 0.05) is 5.56 Å². The van der Waals surface area contributed by atoms with Crippen molar-refractivity contribution in [1.29, 1.82) is 0 Å². The van der Waals surface area contributed by atoms with E-state index in [1.165, 1.54) is 21.9 Å². The first-order valence-corrected chi connectivity index (χ1v) is 12.4. The van der Waals surface area contributed by atoms with E-state index in [-0.39, 0.29) is 29.4 Å². The normalized spacial score (nSPS) is 17.1. The zero-order valence-corrected chi connectivity index (χ0v) is 20.9. The molecule has 1 saturated heterocycles. The van der Waals surface area contributed by atoms with Gasteiger partial charge in [-0.25, -0.2) is 4.39 Å². The molecule has 0 atom stereocenters. The molecule has 6 nitrogen and oxygen atoms in total. The van der Waals surface area contributed by atoms with Crippen molar-refractivity contribution in [2.24, 2.45) is 0 Å². The Morgan fingerprint density at radius 1 is 0.944 bits per heavy atom. The number of carbonyl (C=O) groups is 3. The lowest BCUT2D eigenvalue weighted by atomic mass is 10.1. The molecule has 0 spiro atoms. The summed E-state index contributed by atoms with van der Waals surface area (Å²) >= 11 is 12.6. The van der Waals surface area contributed by atoms with E-state index in [1.807, 2.05) is 0 Å². The molecule has 3 amide bonds. The van der Waals surface area contributed by atoms with Crippen molar-refractivity contribution < 1.29 is 18.8 Å². The standard InChI is InChI=1S/C26H17ClFN3O3S2/c27-18-6-2-3-7-19(18)29-21(32)14-30-20-8-4-1-5-17(20)22(24(30)33)23-25(34)31(26(35)36-23)13-15-9-11-16(28)12-10-15/h1-12H,13-14H2,(H,29,32). The van der Waals surface area contributed by atoms with Crippen molar-refractivity contribution in [3.63, 3.8) is 0 Å². The van der Waals surface area contributed by atoms with Crippen LogP contribution in [0.25, 0.3) is 5.57 Å². The second-order valence-corrected chi connectivity index (χ2v) is 10.1. The van der Waals surface area contributed by atoms with E-state index >= 15 is 0 Å². The molecule has 0 aromatic heterocycles. The quantitative estimate of drug-likeness (QED) is 0.356. The molecule has 0 bridgehead atoms. The van der Waals surface area contributed by atoms with Crippen LogP contribution in [0.15, 0.2) is 77.7 Å². The number of nitrogens with one attached hydrogen (secondary N) is 1. The van der Waals surface area contributed by atoms with Gasteiger partial charge in [0.1, 0.15) is 16.7 Å². The second-order valence-electron chi connectivity index (χ2n) is 8.03. The van der Waals surface area contributed by atoms with Crippen LogP contribution in [0.5, 0.6) is 0 Å². The number of thiocarbonyl (C=S) groups is 1. The number of fused-ring (bicyclic) bond motifs is 1. The molecule has 2 heterocycles. The van der Waals surface area contributed by atoms with Crippen LogP contribution in [0, 0.1) is 5.82 Å². The number of benzene rings is 3. The predicted molar refractivity (Wildman–Crippen MR) is 143 cm³/mol. The Labute approximate surface area is 220 Å². The fourth-order valence-electron chi connectivity index (χ4n) is 4.01. The molecule has 5 rings (SSSR count). The van der Waals surface area contributed by atoms with Crippen molar-refractivity contribution in [3.8, 4) is 0 Å². The number of para-hydroxylation sites is 2. The van der Waals surface area contributed by atoms with Gasteiger partial charge in [0.2, 0.25) is 5.91 Å². The van der Waals surface area contributed by atoms with Gasteiger partial charge in [-0.2, -0.15) is 0 Å². The number of carbonyl (C=O) groups excluding carboxylic acids is 3. The molecular weight excluding hydrogens is 521 g/mol. The number of nitrogens with zero attached hydrogens (tertiary/aromatic N) is 2. The maximum atomic E-state index is 13.6. The highest BCUT2D eigenvalue weighted by Gasteiger charge is 2.42. The molecule has 0 unspecified atom stereocenters. The Morgan fingerprint density at radius 2 is 1.64 bits per heavy atom. The summed E-state index contributed by atoms with van der Waals surface area (Å²) in [5, 5.41) is 3.10. The molecular formula is C26H17ClFN3O3S2. The van der Waals surface area contributed by atoms with Crippen LogP contribution >= 0.6 is 35.6 Å². The topological polar surface area (TPSA) is 69.7 Å². The van der Waals surface area contributed by atoms with E-state index in [1.54, 1.807) is 60.7 Å². The highest BCUT2D eigenvalue weighted by molar-refractivity contribution is 8.26.